The molecule has 0 atom stereocenters. The first-order valence-electron chi connectivity index (χ1n) is 8.57. The Morgan fingerprint density at radius 1 is 1.08 bits per heavy atom. The van der Waals surface area contributed by atoms with Crippen LogP contribution in [0.4, 0.5) is 0 Å². The highest BCUT2D eigenvalue weighted by atomic mass is 32.2. The number of primary sulfonamides is 1. The maximum absolute atomic E-state index is 11.9. The van der Waals surface area contributed by atoms with Gasteiger partial charge in [0.1, 0.15) is 0 Å². The van der Waals surface area contributed by atoms with Crippen molar-refractivity contribution in [2.45, 2.75) is 55.9 Å². The summed E-state index contributed by atoms with van der Waals surface area (Å²) in [6, 6.07) is 6.92. The normalized spacial score (nSPS) is 16.0. The fraction of sp³-hybridized carbons (Fsp3) is 0.588. The van der Waals surface area contributed by atoms with Crippen LogP contribution in [-0.2, 0) is 21.2 Å². The Hall–Kier alpha value is -1.44. The van der Waals surface area contributed by atoms with Gasteiger partial charge in [-0.1, -0.05) is 31.4 Å². The van der Waals surface area contributed by atoms with Crippen LogP contribution in [0.2, 0.25) is 0 Å². The molecule has 1 saturated carbocycles. The van der Waals surface area contributed by atoms with Gasteiger partial charge in [-0.25, -0.2) is 13.6 Å². The quantitative estimate of drug-likeness (QED) is 0.613. The van der Waals surface area contributed by atoms with Gasteiger partial charge in [0.15, 0.2) is 0 Å². The second-order valence-electron chi connectivity index (χ2n) is 6.34. The third-order valence-electron chi connectivity index (χ3n) is 4.34. The number of benzene rings is 1. The maximum atomic E-state index is 11.9. The molecule has 134 valence electrons. The van der Waals surface area contributed by atoms with E-state index in [1.54, 1.807) is 12.1 Å². The monoisotopic (exact) mass is 353 g/mol. The molecule has 0 spiro atoms. The number of hydrogen-bond acceptors (Lipinski definition) is 4. The third-order valence-corrected chi connectivity index (χ3v) is 5.27. The molecule has 1 fully saturated rings. The first-order valence-corrected chi connectivity index (χ1v) is 10.1. The lowest BCUT2D eigenvalue weighted by Crippen LogP contribution is -2.37. The van der Waals surface area contributed by atoms with Crippen molar-refractivity contribution in [3.8, 4) is 0 Å². The lowest BCUT2D eigenvalue weighted by atomic mass is 9.95. The zero-order valence-electron chi connectivity index (χ0n) is 14.0. The lowest BCUT2D eigenvalue weighted by molar-refractivity contribution is -0.121. The van der Waals surface area contributed by atoms with E-state index in [0.717, 1.165) is 31.4 Å². The topological polar surface area (TPSA) is 101 Å². The molecule has 0 saturated heterocycles. The molecule has 0 aromatic heterocycles. The van der Waals surface area contributed by atoms with Crippen LogP contribution in [0.3, 0.4) is 0 Å². The van der Waals surface area contributed by atoms with E-state index in [1.807, 2.05) is 0 Å². The lowest BCUT2D eigenvalue weighted by Gasteiger charge is -2.22. The van der Waals surface area contributed by atoms with Gasteiger partial charge in [0.25, 0.3) is 0 Å². The summed E-state index contributed by atoms with van der Waals surface area (Å²) in [6.45, 7) is 1.39. The van der Waals surface area contributed by atoms with Crippen molar-refractivity contribution in [2.75, 3.05) is 13.1 Å². The smallest absolute Gasteiger partial charge is 0.238 e. The Morgan fingerprint density at radius 3 is 2.38 bits per heavy atom. The average Bonchev–Trinajstić information content (AvgIpc) is 2.55. The summed E-state index contributed by atoms with van der Waals surface area (Å²) in [5.74, 6) is 0.118. The minimum absolute atomic E-state index is 0.118. The van der Waals surface area contributed by atoms with Gasteiger partial charge in [0.2, 0.25) is 15.9 Å². The standard InChI is InChI=1S/C17H27N3O3S/c18-24(22,23)16-8-6-14(7-9-16)10-12-19-13-11-17(21)20-15-4-2-1-3-5-15/h6-9,15,19H,1-5,10-13H2,(H,20,21)(H2,18,22,23). The van der Waals surface area contributed by atoms with Gasteiger partial charge in [-0.3, -0.25) is 4.79 Å². The van der Waals surface area contributed by atoms with Crippen LogP contribution >= 0.6 is 0 Å². The van der Waals surface area contributed by atoms with Crippen molar-refractivity contribution in [3.63, 3.8) is 0 Å². The fourth-order valence-electron chi connectivity index (χ4n) is 2.95. The first kappa shape index (κ1) is 18.9. The third kappa shape index (κ3) is 6.59. The molecule has 1 aliphatic rings. The molecule has 1 amide bonds. The minimum atomic E-state index is -3.63. The van der Waals surface area contributed by atoms with Gasteiger partial charge in [-0.2, -0.15) is 0 Å². The zero-order chi connectivity index (χ0) is 17.4. The van der Waals surface area contributed by atoms with Gasteiger partial charge in [0.05, 0.1) is 4.90 Å². The summed E-state index contributed by atoms with van der Waals surface area (Å²) in [5, 5.41) is 11.4. The molecule has 7 heteroatoms. The number of nitrogens with two attached hydrogens (primary N) is 1. The number of hydrogen-bond donors (Lipinski definition) is 3. The van der Waals surface area contributed by atoms with Crippen LogP contribution in [0.5, 0.6) is 0 Å². The first-order chi connectivity index (χ1) is 11.4. The molecule has 6 nitrogen and oxygen atoms in total. The highest BCUT2D eigenvalue weighted by Gasteiger charge is 2.15. The van der Waals surface area contributed by atoms with E-state index in [4.69, 9.17) is 5.14 Å². The largest absolute Gasteiger partial charge is 0.353 e. The summed E-state index contributed by atoms with van der Waals surface area (Å²) < 4.78 is 22.4. The molecule has 24 heavy (non-hydrogen) atoms. The Morgan fingerprint density at radius 2 is 1.75 bits per heavy atom. The molecule has 4 N–H and O–H groups in total. The summed E-state index contributed by atoms with van der Waals surface area (Å²) in [5.41, 5.74) is 1.03. The van der Waals surface area contributed by atoms with E-state index in [0.29, 0.717) is 19.0 Å². The van der Waals surface area contributed by atoms with Crippen molar-refractivity contribution in [1.29, 1.82) is 0 Å². The molecule has 0 aliphatic heterocycles. The molecule has 0 unspecified atom stereocenters. The second kappa shape index (κ2) is 9.15. The van der Waals surface area contributed by atoms with Crippen LogP contribution in [0.25, 0.3) is 0 Å². The van der Waals surface area contributed by atoms with Crippen molar-refractivity contribution in [1.82, 2.24) is 10.6 Å². The number of nitrogens with one attached hydrogen (secondary N) is 2. The van der Waals surface area contributed by atoms with Crippen LogP contribution in [0, 0.1) is 0 Å². The fourth-order valence-corrected chi connectivity index (χ4v) is 3.47. The molecular formula is C17H27N3O3S. The molecule has 1 aromatic rings. The van der Waals surface area contributed by atoms with Gasteiger partial charge >= 0.3 is 0 Å². The summed E-state index contributed by atoms with van der Waals surface area (Å²) in [4.78, 5) is 12.0. The van der Waals surface area contributed by atoms with Crippen LogP contribution in [0.15, 0.2) is 29.2 Å². The molecular weight excluding hydrogens is 326 g/mol. The Bertz CT molecular complexity index is 623. The van der Waals surface area contributed by atoms with E-state index >= 15 is 0 Å². The van der Waals surface area contributed by atoms with E-state index < -0.39 is 10.0 Å². The highest BCUT2D eigenvalue weighted by Crippen LogP contribution is 2.17. The van der Waals surface area contributed by atoms with E-state index in [9.17, 15) is 13.2 Å². The van der Waals surface area contributed by atoms with E-state index in [-0.39, 0.29) is 10.8 Å². The molecule has 1 aromatic carbocycles. The zero-order valence-corrected chi connectivity index (χ0v) is 14.8. The number of carbonyl (C=O) groups excluding carboxylic acids is 1. The van der Waals surface area contributed by atoms with Crippen LogP contribution < -0.4 is 15.8 Å². The van der Waals surface area contributed by atoms with Crippen LogP contribution in [-0.4, -0.2) is 33.5 Å². The average molecular weight is 353 g/mol. The van der Waals surface area contributed by atoms with Gasteiger partial charge in [-0.05, 0) is 43.5 Å². The molecule has 2 rings (SSSR count). The minimum Gasteiger partial charge on any atom is -0.353 e. The predicted octanol–water partition coefficient (Wildman–Crippen LogP) is 1.31. The van der Waals surface area contributed by atoms with Crippen molar-refractivity contribution in [3.05, 3.63) is 29.8 Å². The predicted molar refractivity (Wildman–Crippen MR) is 94.0 cm³/mol. The second-order valence-corrected chi connectivity index (χ2v) is 7.90. The number of rotatable bonds is 8. The number of amides is 1. The molecule has 0 radical (unpaired) electrons. The maximum Gasteiger partial charge on any atom is 0.238 e. The van der Waals surface area contributed by atoms with Crippen molar-refractivity contribution < 1.29 is 13.2 Å². The van der Waals surface area contributed by atoms with Crippen molar-refractivity contribution >= 4 is 15.9 Å². The van der Waals surface area contributed by atoms with Gasteiger partial charge in [-0.15, -0.1) is 0 Å². The summed E-state index contributed by atoms with van der Waals surface area (Å²) in [7, 11) is -3.63. The molecule has 0 bridgehead atoms. The number of sulfonamides is 1. The Labute approximate surface area is 144 Å². The van der Waals surface area contributed by atoms with E-state index in [1.165, 1.54) is 31.4 Å². The van der Waals surface area contributed by atoms with Crippen LogP contribution in [0.1, 0.15) is 44.1 Å². The summed E-state index contributed by atoms with van der Waals surface area (Å²) >= 11 is 0. The highest BCUT2D eigenvalue weighted by molar-refractivity contribution is 7.89. The summed E-state index contributed by atoms with van der Waals surface area (Å²) in [6.07, 6.45) is 7.18. The van der Waals surface area contributed by atoms with E-state index in [2.05, 4.69) is 10.6 Å². The Kier molecular flexibility index (Phi) is 7.20. The molecule has 0 heterocycles. The SMILES string of the molecule is NS(=O)(=O)c1ccc(CCNCCC(=O)NC2CCCCC2)cc1. The Balaban J connectivity index is 1.60. The number of carbonyl (C=O) groups is 1. The van der Waals surface area contributed by atoms with Crippen molar-refractivity contribution in [2.24, 2.45) is 5.14 Å². The van der Waals surface area contributed by atoms with Gasteiger partial charge < -0.3 is 10.6 Å². The molecule has 1 aliphatic carbocycles. The van der Waals surface area contributed by atoms with Gasteiger partial charge in [0, 0.05) is 19.0 Å².